The number of nitrogens with zero attached hydrogens (tertiary/aromatic N) is 3. The number of rotatable bonds is 7. The Labute approximate surface area is 115 Å². The van der Waals surface area contributed by atoms with Crippen LogP contribution < -0.4 is 10.2 Å². The first kappa shape index (κ1) is 15.9. The highest BCUT2D eigenvalue weighted by Gasteiger charge is 2.26. The van der Waals surface area contributed by atoms with Crippen LogP contribution in [0.1, 0.15) is 33.6 Å². The van der Waals surface area contributed by atoms with Crippen molar-refractivity contribution in [3.63, 3.8) is 0 Å². The smallest absolute Gasteiger partial charge is 0.318 e. The first-order chi connectivity index (χ1) is 8.86. The Hall–Kier alpha value is -1.14. The third-order valence-electron chi connectivity index (χ3n) is 3.35. The molecule has 1 heterocycles. The van der Waals surface area contributed by atoms with Crippen LogP contribution in [-0.4, -0.2) is 43.5 Å². The van der Waals surface area contributed by atoms with Crippen molar-refractivity contribution in [1.29, 1.82) is 0 Å². The van der Waals surface area contributed by atoms with Crippen LogP contribution in [0.2, 0.25) is 0 Å². The molecule has 110 valence electrons. The summed E-state index contributed by atoms with van der Waals surface area (Å²) in [5, 5.41) is 11.3. The molecule has 0 aliphatic heterocycles. The Morgan fingerprint density at radius 2 is 2.05 bits per heavy atom. The number of nitrogens with one attached hydrogen (secondary N) is 1. The van der Waals surface area contributed by atoms with E-state index in [0.717, 1.165) is 6.54 Å². The average molecular weight is 270 g/mol. The standard InChI is InChI=1S/C13H26N4O2/c1-10(13(2,3)4)17(5)12-16-15-11(19-12)9-14-7-8-18-6/h10,14H,7-9H2,1-6H3. The van der Waals surface area contributed by atoms with Gasteiger partial charge in [-0.1, -0.05) is 25.9 Å². The van der Waals surface area contributed by atoms with E-state index in [9.17, 15) is 0 Å². The molecule has 0 aliphatic rings. The number of ether oxygens (including phenoxy) is 1. The number of anilines is 1. The highest BCUT2D eigenvalue weighted by Crippen LogP contribution is 2.26. The van der Waals surface area contributed by atoms with Crippen LogP contribution in [0.5, 0.6) is 0 Å². The third kappa shape index (κ3) is 4.80. The molecule has 1 unspecified atom stereocenters. The number of hydrogen-bond donors (Lipinski definition) is 1. The van der Waals surface area contributed by atoms with Gasteiger partial charge in [0.2, 0.25) is 5.89 Å². The zero-order valence-corrected chi connectivity index (χ0v) is 12.9. The van der Waals surface area contributed by atoms with Gasteiger partial charge >= 0.3 is 6.01 Å². The largest absolute Gasteiger partial charge is 0.407 e. The highest BCUT2D eigenvalue weighted by atomic mass is 16.5. The molecule has 1 atom stereocenters. The maximum Gasteiger partial charge on any atom is 0.318 e. The monoisotopic (exact) mass is 270 g/mol. The van der Waals surface area contributed by atoms with Crippen LogP contribution in [-0.2, 0) is 11.3 Å². The van der Waals surface area contributed by atoms with E-state index in [-0.39, 0.29) is 5.41 Å². The Kier molecular flexibility index (Phi) is 5.75. The fraction of sp³-hybridized carbons (Fsp3) is 0.846. The van der Waals surface area contributed by atoms with E-state index in [0.29, 0.717) is 31.1 Å². The zero-order chi connectivity index (χ0) is 14.5. The van der Waals surface area contributed by atoms with Crippen molar-refractivity contribution in [2.24, 2.45) is 5.41 Å². The lowest BCUT2D eigenvalue weighted by Gasteiger charge is -2.34. The highest BCUT2D eigenvalue weighted by molar-refractivity contribution is 5.25. The molecule has 0 fully saturated rings. The lowest BCUT2D eigenvalue weighted by Crippen LogP contribution is -2.39. The summed E-state index contributed by atoms with van der Waals surface area (Å²) in [6, 6.07) is 0.869. The molecule has 0 radical (unpaired) electrons. The fourth-order valence-electron chi connectivity index (χ4n) is 1.57. The fourth-order valence-corrected chi connectivity index (χ4v) is 1.57. The minimum atomic E-state index is 0.153. The molecular weight excluding hydrogens is 244 g/mol. The van der Waals surface area contributed by atoms with Crippen molar-refractivity contribution in [3.8, 4) is 0 Å². The Balaban J connectivity index is 2.54. The van der Waals surface area contributed by atoms with E-state index < -0.39 is 0 Å². The summed E-state index contributed by atoms with van der Waals surface area (Å²) in [5.74, 6) is 0.596. The summed E-state index contributed by atoms with van der Waals surface area (Å²) in [6.07, 6.45) is 0. The van der Waals surface area contributed by atoms with Crippen molar-refractivity contribution in [1.82, 2.24) is 15.5 Å². The van der Waals surface area contributed by atoms with Gasteiger partial charge in [0.1, 0.15) is 0 Å². The second-order valence-corrected chi connectivity index (χ2v) is 5.80. The summed E-state index contributed by atoms with van der Waals surface area (Å²) >= 11 is 0. The molecule has 1 rings (SSSR count). The molecule has 6 nitrogen and oxygen atoms in total. The van der Waals surface area contributed by atoms with Crippen LogP contribution in [0.15, 0.2) is 4.42 Å². The normalized spacial score (nSPS) is 13.6. The van der Waals surface area contributed by atoms with Crippen LogP contribution in [0, 0.1) is 5.41 Å². The Bertz CT molecular complexity index is 373. The molecule has 0 saturated carbocycles. The SMILES string of the molecule is COCCNCc1nnc(N(C)C(C)C(C)(C)C)o1. The molecule has 0 saturated heterocycles. The second kappa shape index (κ2) is 6.86. The van der Waals surface area contributed by atoms with Gasteiger partial charge in [-0.2, -0.15) is 0 Å². The number of methoxy groups -OCH3 is 1. The molecule has 1 N–H and O–H groups in total. The minimum absolute atomic E-state index is 0.153. The van der Waals surface area contributed by atoms with Crippen molar-refractivity contribution >= 4 is 6.01 Å². The number of hydrogen-bond acceptors (Lipinski definition) is 6. The molecule has 0 spiro atoms. The first-order valence-corrected chi connectivity index (χ1v) is 6.61. The summed E-state index contributed by atoms with van der Waals surface area (Å²) in [4.78, 5) is 2.02. The van der Waals surface area contributed by atoms with Crippen molar-refractivity contribution < 1.29 is 9.15 Å². The lowest BCUT2D eigenvalue weighted by atomic mass is 9.87. The summed E-state index contributed by atoms with van der Waals surface area (Å²) < 4.78 is 10.6. The maximum atomic E-state index is 5.64. The van der Waals surface area contributed by atoms with Gasteiger partial charge in [0, 0.05) is 26.7 Å². The van der Waals surface area contributed by atoms with E-state index in [4.69, 9.17) is 9.15 Å². The third-order valence-corrected chi connectivity index (χ3v) is 3.35. The first-order valence-electron chi connectivity index (χ1n) is 6.61. The lowest BCUT2D eigenvalue weighted by molar-refractivity contribution is 0.198. The molecule has 19 heavy (non-hydrogen) atoms. The van der Waals surface area contributed by atoms with Gasteiger partial charge in [0.05, 0.1) is 13.2 Å². The second-order valence-electron chi connectivity index (χ2n) is 5.80. The van der Waals surface area contributed by atoms with Crippen LogP contribution in [0.4, 0.5) is 6.01 Å². The van der Waals surface area contributed by atoms with E-state index in [2.05, 4.69) is 43.2 Å². The molecule has 6 heteroatoms. The van der Waals surface area contributed by atoms with E-state index in [1.54, 1.807) is 7.11 Å². The van der Waals surface area contributed by atoms with E-state index in [1.165, 1.54) is 0 Å². The van der Waals surface area contributed by atoms with Gasteiger partial charge in [-0.05, 0) is 12.3 Å². The summed E-state index contributed by atoms with van der Waals surface area (Å²) in [7, 11) is 3.65. The van der Waals surface area contributed by atoms with E-state index >= 15 is 0 Å². The van der Waals surface area contributed by atoms with Gasteiger partial charge < -0.3 is 19.4 Å². The topological polar surface area (TPSA) is 63.4 Å². The summed E-state index contributed by atoms with van der Waals surface area (Å²) in [6.45, 7) is 10.7. The van der Waals surface area contributed by atoms with Gasteiger partial charge in [-0.25, -0.2) is 0 Å². The van der Waals surface area contributed by atoms with Crippen molar-refractivity contribution in [3.05, 3.63) is 5.89 Å². The van der Waals surface area contributed by atoms with Crippen LogP contribution in [0.25, 0.3) is 0 Å². The van der Waals surface area contributed by atoms with Gasteiger partial charge in [0.15, 0.2) is 0 Å². The Morgan fingerprint density at radius 3 is 2.63 bits per heavy atom. The average Bonchev–Trinajstić information content (AvgIpc) is 2.80. The molecular formula is C13H26N4O2. The molecule has 0 amide bonds. The van der Waals surface area contributed by atoms with Crippen molar-refractivity contribution in [2.75, 3.05) is 32.2 Å². The van der Waals surface area contributed by atoms with Crippen LogP contribution >= 0.6 is 0 Å². The maximum absolute atomic E-state index is 5.64. The molecule has 1 aromatic heterocycles. The molecule has 0 bridgehead atoms. The zero-order valence-electron chi connectivity index (χ0n) is 12.9. The Morgan fingerprint density at radius 1 is 1.37 bits per heavy atom. The minimum Gasteiger partial charge on any atom is -0.407 e. The molecule has 0 aromatic carbocycles. The van der Waals surface area contributed by atoms with E-state index in [1.807, 2.05) is 11.9 Å². The summed E-state index contributed by atoms with van der Waals surface area (Å²) in [5.41, 5.74) is 0.153. The quantitative estimate of drug-likeness (QED) is 0.761. The molecule has 0 aliphatic carbocycles. The van der Waals surface area contributed by atoms with Gasteiger partial charge in [0.25, 0.3) is 0 Å². The predicted molar refractivity (Wildman–Crippen MR) is 75.2 cm³/mol. The number of aromatic nitrogens is 2. The van der Waals surface area contributed by atoms with Gasteiger partial charge in [-0.15, -0.1) is 5.10 Å². The predicted octanol–water partition coefficient (Wildman–Crippen LogP) is 1.68. The molecule has 1 aromatic rings. The van der Waals surface area contributed by atoms with Crippen molar-refractivity contribution in [2.45, 2.75) is 40.3 Å². The van der Waals surface area contributed by atoms with Gasteiger partial charge in [-0.3, -0.25) is 0 Å². The van der Waals surface area contributed by atoms with Crippen LogP contribution in [0.3, 0.4) is 0 Å².